The zero-order chi connectivity index (χ0) is 26.7. The summed E-state index contributed by atoms with van der Waals surface area (Å²) in [6, 6.07) is 25.5. The average Bonchev–Trinajstić information content (AvgIpc) is 3.50. The van der Waals surface area contributed by atoms with Gasteiger partial charge in [-0.05, 0) is 37.1 Å². The molecule has 2 N–H and O–H groups in total. The topological polar surface area (TPSA) is 106 Å². The molecule has 0 amide bonds. The van der Waals surface area contributed by atoms with Gasteiger partial charge >= 0.3 is 0 Å². The molecule has 0 saturated carbocycles. The molecular formula is C31H23N5O3. The first kappa shape index (κ1) is 22.9. The fraction of sp³-hybridized carbons (Fsp3) is 0.0968. The summed E-state index contributed by atoms with van der Waals surface area (Å²) >= 11 is 0. The molecule has 4 heterocycles. The Kier molecular flexibility index (Phi) is 5.09. The van der Waals surface area contributed by atoms with Gasteiger partial charge in [0.25, 0.3) is 11.5 Å². The Morgan fingerprint density at radius 1 is 0.949 bits per heavy atom. The van der Waals surface area contributed by atoms with E-state index in [4.69, 9.17) is 4.74 Å². The maximum Gasteiger partial charge on any atom is 0.298 e. The lowest BCUT2D eigenvalue weighted by atomic mass is 9.85. The van der Waals surface area contributed by atoms with Gasteiger partial charge in [-0.1, -0.05) is 72.3 Å². The normalized spacial score (nSPS) is 14.1. The molecule has 1 aliphatic heterocycles. The summed E-state index contributed by atoms with van der Waals surface area (Å²) in [4.78, 5) is 37.6. The number of aromatic nitrogens is 5. The van der Waals surface area contributed by atoms with Crippen LogP contribution >= 0.6 is 0 Å². The first-order valence-corrected chi connectivity index (χ1v) is 12.6. The molecule has 0 spiro atoms. The van der Waals surface area contributed by atoms with Crippen LogP contribution in [-0.2, 0) is 0 Å². The largest absolute Gasteiger partial charge is 0.420 e. The Balaban J connectivity index is 1.46. The van der Waals surface area contributed by atoms with Gasteiger partial charge in [-0.15, -0.1) is 0 Å². The van der Waals surface area contributed by atoms with Crippen LogP contribution in [0.15, 0.2) is 90.0 Å². The summed E-state index contributed by atoms with van der Waals surface area (Å²) in [5, 5.41) is 5.61. The summed E-state index contributed by atoms with van der Waals surface area (Å²) in [5.41, 5.74) is 6.27. The molecule has 7 rings (SSSR count). The van der Waals surface area contributed by atoms with Crippen molar-refractivity contribution in [2.75, 3.05) is 0 Å². The van der Waals surface area contributed by atoms with Gasteiger partial charge in [0.05, 0.1) is 29.1 Å². The number of carbonyl (C=O) groups excluding carboxylic acids is 1. The number of benzene rings is 3. The van der Waals surface area contributed by atoms with Gasteiger partial charge in [-0.3, -0.25) is 9.59 Å². The van der Waals surface area contributed by atoms with Crippen molar-refractivity contribution in [1.82, 2.24) is 24.7 Å². The zero-order valence-electron chi connectivity index (χ0n) is 21.2. The van der Waals surface area contributed by atoms with E-state index in [-0.39, 0.29) is 23.2 Å². The third-order valence-corrected chi connectivity index (χ3v) is 7.24. The van der Waals surface area contributed by atoms with Gasteiger partial charge in [0.2, 0.25) is 11.8 Å². The number of rotatable bonds is 3. The molecule has 6 aromatic rings. The smallest absolute Gasteiger partial charge is 0.298 e. The Hall–Kier alpha value is -5.24. The first-order valence-electron chi connectivity index (χ1n) is 12.6. The number of aryl methyl sites for hydroxylation is 2. The van der Waals surface area contributed by atoms with Crippen LogP contribution in [0.5, 0.6) is 11.8 Å². The fourth-order valence-electron chi connectivity index (χ4n) is 5.51. The molecule has 190 valence electrons. The molecule has 0 fully saturated rings. The van der Waals surface area contributed by atoms with E-state index in [2.05, 4.69) is 26.1 Å². The number of nitrogens with zero attached hydrogens (tertiary/aromatic N) is 3. The highest BCUT2D eigenvalue weighted by Crippen LogP contribution is 2.46. The van der Waals surface area contributed by atoms with Gasteiger partial charge < -0.3 is 14.7 Å². The SMILES string of the molecule is Cc1ccc2[nH]c(C(=O)n3nc(C)c4c3Oc3nc[nH]c(=O)c3C4c3ccccc3)c(-c3ccccc3)c2c1. The second-order valence-corrected chi connectivity index (χ2v) is 9.71. The molecule has 3 aromatic carbocycles. The van der Waals surface area contributed by atoms with E-state index in [0.29, 0.717) is 22.5 Å². The lowest BCUT2D eigenvalue weighted by Gasteiger charge is -2.25. The molecule has 8 nitrogen and oxygen atoms in total. The number of hydrogen-bond donors (Lipinski definition) is 2. The highest BCUT2D eigenvalue weighted by molar-refractivity contribution is 6.10. The molecule has 0 saturated heterocycles. The van der Waals surface area contributed by atoms with Crippen LogP contribution in [0.3, 0.4) is 0 Å². The molecule has 3 aromatic heterocycles. The fourth-order valence-corrected chi connectivity index (χ4v) is 5.51. The maximum atomic E-state index is 14.3. The zero-order valence-corrected chi connectivity index (χ0v) is 21.2. The van der Waals surface area contributed by atoms with Gasteiger partial charge in [-0.25, -0.2) is 4.98 Å². The Morgan fingerprint density at radius 2 is 1.69 bits per heavy atom. The number of carbonyl (C=O) groups is 1. The van der Waals surface area contributed by atoms with Crippen LogP contribution in [0, 0.1) is 13.8 Å². The molecule has 0 aliphatic carbocycles. The molecule has 1 aliphatic rings. The minimum atomic E-state index is -0.497. The molecule has 0 radical (unpaired) electrons. The maximum absolute atomic E-state index is 14.3. The van der Waals surface area contributed by atoms with E-state index in [0.717, 1.165) is 33.2 Å². The molecule has 1 unspecified atom stereocenters. The van der Waals surface area contributed by atoms with Crippen LogP contribution in [0.4, 0.5) is 0 Å². The molecular weight excluding hydrogens is 490 g/mol. The molecule has 1 atom stereocenters. The summed E-state index contributed by atoms with van der Waals surface area (Å²) in [7, 11) is 0. The van der Waals surface area contributed by atoms with E-state index in [1.165, 1.54) is 11.0 Å². The molecule has 39 heavy (non-hydrogen) atoms. The van der Waals surface area contributed by atoms with E-state index < -0.39 is 5.92 Å². The number of H-pyrrole nitrogens is 2. The predicted octanol–water partition coefficient (Wildman–Crippen LogP) is 5.71. The average molecular weight is 514 g/mol. The molecule has 0 bridgehead atoms. The van der Waals surface area contributed by atoms with Crippen LogP contribution in [-0.4, -0.2) is 30.6 Å². The highest BCUT2D eigenvalue weighted by Gasteiger charge is 2.39. The standard InChI is InChI=1S/C31H23N5O3/c1-17-13-14-22-21(15-17)24(19-9-5-3-6-10-19)27(34-22)30(38)36-31-23(18(2)35-36)25(20-11-7-4-8-12-20)26-28(37)32-16-33-29(26)39-31/h3-16,25,34H,1-2H3,(H,32,33,37). The lowest BCUT2D eigenvalue weighted by Crippen LogP contribution is -2.25. The van der Waals surface area contributed by atoms with Crippen molar-refractivity contribution in [2.45, 2.75) is 19.8 Å². The van der Waals surface area contributed by atoms with Crippen LogP contribution in [0.1, 0.15) is 44.4 Å². The number of ether oxygens (including phenoxy) is 1. The minimum Gasteiger partial charge on any atom is -0.420 e. The van der Waals surface area contributed by atoms with Crippen LogP contribution < -0.4 is 10.3 Å². The minimum absolute atomic E-state index is 0.157. The van der Waals surface area contributed by atoms with E-state index in [1.54, 1.807) is 0 Å². The quantitative estimate of drug-likeness (QED) is 0.315. The van der Waals surface area contributed by atoms with Crippen molar-refractivity contribution in [3.63, 3.8) is 0 Å². The Morgan fingerprint density at radius 3 is 2.46 bits per heavy atom. The van der Waals surface area contributed by atoms with Crippen molar-refractivity contribution in [2.24, 2.45) is 0 Å². The Bertz CT molecular complexity index is 1950. The monoisotopic (exact) mass is 513 g/mol. The number of hydrogen-bond acceptors (Lipinski definition) is 5. The number of fused-ring (bicyclic) bond motifs is 3. The van der Waals surface area contributed by atoms with E-state index in [1.807, 2.05) is 86.6 Å². The predicted molar refractivity (Wildman–Crippen MR) is 147 cm³/mol. The van der Waals surface area contributed by atoms with E-state index in [9.17, 15) is 9.59 Å². The van der Waals surface area contributed by atoms with Gasteiger partial charge in [-0.2, -0.15) is 9.78 Å². The van der Waals surface area contributed by atoms with Gasteiger partial charge in [0.15, 0.2) is 0 Å². The lowest BCUT2D eigenvalue weighted by molar-refractivity contribution is 0.0931. The van der Waals surface area contributed by atoms with Gasteiger partial charge in [0, 0.05) is 16.5 Å². The van der Waals surface area contributed by atoms with Crippen LogP contribution in [0.25, 0.3) is 22.0 Å². The van der Waals surface area contributed by atoms with Crippen molar-refractivity contribution in [3.05, 3.63) is 129 Å². The summed E-state index contributed by atoms with van der Waals surface area (Å²) in [6.07, 6.45) is 1.30. The van der Waals surface area contributed by atoms with E-state index >= 15 is 0 Å². The first-order chi connectivity index (χ1) is 19.0. The van der Waals surface area contributed by atoms with Crippen molar-refractivity contribution in [3.8, 4) is 22.9 Å². The second kappa shape index (κ2) is 8.66. The van der Waals surface area contributed by atoms with Gasteiger partial charge in [0.1, 0.15) is 5.69 Å². The summed E-state index contributed by atoms with van der Waals surface area (Å²) in [5.74, 6) is -0.453. The third-order valence-electron chi connectivity index (χ3n) is 7.24. The molecule has 8 heteroatoms. The summed E-state index contributed by atoms with van der Waals surface area (Å²) < 4.78 is 7.47. The summed E-state index contributed by atoms with van der Waals surface area (Å²) in [6.45, 7) is 3.85. The second-order valence-electron chi connectivity index (χ2n) is 9.71. The van der Waals surface area contributed by atoms with Crippen molar-refractivity contribution in [1.29, 1.82) is 0 Å². The third kappa shape index (κ3) is 3.53. The number of aromatic amines is 2. The highest BCUT2D eigenvalue weighted by atomic mass is 16.5. The Labute approximate surface area is 222 Å². The number of nitrogens with one attached hydrogen (secondary N) is 2. The van der Waals surface area contributed by atoms with Crippen molar-refractivity contribution < 1.29 is 9.53 Å². The van der Waals surface area contributed by atoms with Crippen LogP contribution in [0.2, 0.25) is 0 Å². The van der Waals surface area contributed by atoms with Crippen molar-refractivity contribution >= 4 is 16.8 Å².